The third-order valence-electron chi connectivity index (χ3n) is 2.72. The van der Waals surface area contributed by atoms with Crippen LogP contribution in [-0.4, -0.2) is 55.4 Å². The maximum absolute atomic E-state index is 11.7. The Hall–Kier alpha value is -0.410. The van der Waals surface area contributed by atoms with E-state index in [9.17, 15) is 4.79 Å². The summed E-state index contributed by atoms with van der Waals surface area (Å²) in [6.45, 7) is 5.04. The molecule has 0 aromatic rings. The van der Waals surface area contributed by atoms with E-state index in [4.69, 9.17) is 0 Å². The van der Waals surface area contributed by atoms with Crippen LogP contribution in [0, 0.1) is 0 Å². The zero-order valence-electron chi connectivity index (χ0n) is 8.92. The summed E-state index contributed by atoms with van der Waals surface area (Å²) in [6.07, 6.45) is 1.69. The maximum Gasteiger partial charge on any atom is 0.151 e. The number of carbonyl (C=O) groups excluding carboxylic acids is 1. The number of ketones is 1. The normalized spacial score (nSPS) is 26.2. The van der Waals surface area contributed by atoms with Crippen molar-refractivity contribution in [3.05, 3.63) is 0 Å². The Kier molecular flexibility index (Phi) is 3.88. The molecule has 1 unspecified atom stereocenters. The number of rotatable bonds is 3. The molecule has 1 atom stereocenters. The van der Waals surface area contributed by atoms with E-state index < -0.39 is 0 Å². The Bertz CT molecular complexity index is 182. The summed E-state index contributed by atoms with van der Waals surface area (Å²) in [7, 11) is 4.13. The van der Waals surface area contributed by atoms with Crippen molar-refractivity contribution in [2.45, 2.75) is 25.8 Å². The molecule has 1 heterocycles. The molecule has 13 heavy (non-hydrogen) atoms. The second-order valence-corrected chi connectivity index (χ2v) is 3.97. The topological polar surface area (TPSA) is 23.6 Å². The highest BCUT2D eigenvalue weighted by Crippen LogP contribution is 2.09. The lowest BCUT2D eigenvalue weighted by Gasteiger charge is -2.36. The van der Waals surface area contributed by atoms with Crippen molar-refractivity contribution < 1.29 is 4.79 Å². The highest BCUT2D eigenvalue weighted by Gasteiger charge is 2.27. The molecule has 0 saturated carbocycles. The zero-order valence-corrected chi connectivity index (χ0v) is 8.92. The lowest BCUT2D eigenvalue weighted by molar-refractivity contribution is -0.125. The van der Waals surface area contributed by atoms with Gasteiger partial charge in [0.05, 0.1) is 6.04 Å². The van der Waals surface area contributed by atoms with Crippen LogP contribution in [0.4, 0.5) is 0 Å². The molecule has 1 rings (SSSR count). The first-order valence-electron chi connectivity index (χ1n) is 5.06. The molecule has 0 aromatic heterocycles. The number of nitrogens with zero attached hydrogens (tertiary/aromatic N) is 2. The van der Waals surface area contributed by atoms with Crippen molar-refractivity contribution in [3.8, 4) is 0 Å². The predicted molar refractivity (Wildman–Crippen MR) is 53.8 cm³/mol. The molecule has 76 valence electrons. The van der Waals surface area contributed by atoms with Gasteiger partial charge in [-0.2, -0.15) is 0 Å². The fourth-order valence-corrected chi connectivity index (χ4v) is 1.77. The Morgan fingerprint density at radius 1 is 1.38 bits per heavy atom. The van der Waals surface area contributed by atoms with Crippen molar-refractivity contribution in [2.24, 2.45) is 0 Å². The fourth-order valence-electron chi connectivity index (χ4n) is 1.77. The minimum absolute atomic E-state index is 0.138. The molecule has 0 amide bonds. The van der Waals surface area contributed by atoms with Crippen LogP contribution in [0.5, 0.6) is 0 Å². The highest BCUT2D eigenvalue weighted by molar-refractivity contribution is 5.84. The van der Waals surface area contributed by atoms with Crippen molar-refractivity contribution >= 4 is 5.78 Å². The van der Waals surface area contributed by atoms with E-state index in [0.29, 0.717) is 5.78 Å². The molecule has 1 aliphatic heterocycles. The smallest absolute Gasteiger partial charge is 0.151 e. The van der Waals surface area contributed by atoms with Gasteiger partial charge < -0.3 is 4.90 Å². The Morgan fingerprint density at radius 2 is 2.08 bits per heavy atom. The van der Waals surface area contributed by atoms with Gasteiger partial charge in [-0.15, -0.1) is 0 Å². The second-order valence-electron chi connectivity index (χ2n) is 3.97. The summed E-state index contributed by atoms with van der Waals surface area (Å²) < 4.78 is 0. The molecular formula is C10H20N2O. The quantitative estimate of drug-likeness (QED) is 0.642. The average Bonchev–Trinajstić information content (AvgIpc) is 2.09. The standard InChI is InChI=1S/C10H20N2O/c1-4-5-10(13)9-8-11(2)6-7-12(9)3/h9H,4-8H2,1-3H3. The first-order chi connectivity index (χ1) is 6.15. The molecule has 0 N–H and O–H groups in total. The van der Waals surface area contributed by atoms with Gasteiger partial charge in [0.25, 0.3) is 0 Å². The monoisotopic (exact) mass is 184 g/mol. The first-order valence-corrected chi connectivity index (χ1v) is 5.06. The number of hydrogen-bond donors (Lipinski definition) is 0. The van der Waals surface area contributed by atoms with Crippen LogP contribution in [0.25, 0.3) is 0 Å². The van der Waals surface area contributed by atoms with Gasteiger partial charge in [-0.25, -0.2) is 0 Å². The van der Waals surface area contributed by atoms with E-state index in [0.717, 1.165) is 32.5 Å². The summed E-state index contributed by atoms with van der Waals surface area (Å²) in [5.74, 6) is 0.400. The van der Waals surface area contributed by atoms with E-state index >= 15 is 0 Å². The maximum atomic E-state index is 11.7. The number of Topliss-reactive ketones (excluding diaryl/α,β-unsaturated/α-hetero) is 1. The van der Waals surface area contributed by atoms with Crippen LogP contribution in [0.1, 0.15) is 19.8 Å². The molecule has 3 nitrogen and oxygen atoms in total. The predicted octanol–water partition coefficient (Wildman–Crippen LogP) is 0.601. The SMILES string of the molecule is CCCC(=O)C1CN(C)CCN1C. The van der Waals surface area contributed by atoms with Gasteiger partial charge >= 0.3 is 0 Å². The Balaban J connectivity index is 2.50. The third-order valence-corrected chi connectivity index (χ3v) is 2.72. The van der Waals surface area contributed by atoms with E-state index in [1.54, 1.807) is 0 Å². The Labute approximate surface area is 80.7 Å². The van der Waals surface area contributed by atoms with E-state index in [2.05, 4.69) is 23.8 Å². The van der Waals surface area contributed by atoms with Crippen molar-refractivity contribution in [3.63, 3.8) is 0 Å². The van der Waals surface area contributed by atoms with Crippen LogP contribution >= 0.6 is 0 Å². The van der Waals surface area contributed by atoms with Gasteiger partial charge in [0, 0.05) is 26.1 Å². The minimum Gasteiger partial charge on any atom is -0.303 e. The zero-order chi connectivity index (χ0) is 9.84. The molecule has 1 saturated heterocycles. The lowest BCUT2D eigenvalue weighted by atomic mass is 10.0. The third kappa shape index (κ3) is 2.78. The highest BCUT2D eigenvalue weighted by atomic mass is 16.1. The van der Waals surface area contributed by atoms with E-state index in [1.165, 1.54) is 0 Å². The minimum atomic E-state index is 0.138. The van der Waals surface area contributed by atoms with E-state index in [-0.39, 0.29) is 6.04 Å². The van der Waals surface area contributed by atoms with Gasteiger partial charge in [0.15, 0.2) is 5.78 Å². The van der Waals surface area contributed by atoms with Crippen LogP contribution in [0.15, 0.2) is 0 Å². The fraction of sp³-hybridized carbons (Fsp3) is 0.900. The van der Waals surface area contributed by atoms with Gasteiger partial charge in [-0.05, 0) is 20.5 Å². The molecule has 0 bridgehead atoms. The molecule has 1 aliphatic rings. The van der Waals surface area contributed by atoms with Crippen LogP contribution < -0.4 is 0 Å². The molecule has 0 aliphatic carbocycles. The summed E-state index contributed by atoms with van der Waals surface area (Å²) >= 11 is 0. The molecule has 0 spiro atoms. The molecule has 1 fully saturated rings. The largest absolute Gasteiger partial charge is 0.303 e. The molecule has 0 radical (unpaired) electrons. The second kappa shape index (κ2) is 4.72. The van der Waals surface area contributed by atoms with E-state index in [1.807, 2.05) is 7.05 Å². The summed E-state index contributed by atoms with van der Waals surface area (Å²) in [6, 6.07) is 0.138. The van der Waals surface area contributed by atoms with Crippen molar-refractivity contribution in [2.75, 3.05) is 33.7 Å². The van der Waals surface area contributed by atoms with Crippen molar-refractivity contribution in [1.82, 2.24) is 9.80 Å². The lowest BCUT2D eigenvalue weighted by Crippen LogP contribution is -2.53. The van der Waals surface area contributed by atoms with Crippen LogP contribution in [0.2, 0.25) is 0 Å². The summed E-state index contributed by atoms with van der Waals surface area (Å²) in [5.41, 5.74) is 0. The van der Waals surface area contributed by atoms with Crippen LogP contribution in [0.3, 0.4) is 0 Å². The molecule has 0 aromatic carbocycles. The molecule has 3 heteroatoms. The van der Waals surface area contributed by atoms with Gasteiger partial charge in [0.1, 0.15) is 0 Å². The van der Waals surface area contributed by atoms with Gasteiger partial charge in [-0.3, -0.25) is 9.69 Å². The van der Waals surface area contributed by atoms with Crippen LogP contribution in [-0.2, 0) is 4.79 Å². The number of likely N-dealkylation sites (N-methyl/N-ethyl adjacent to an activating group) is 2. The Morgan fingerprint density at radius 3 is 2.69 bits per heavy atom. The number of hydrogen-bond acceptors (Lipinski definition) is 3. The average molecular weight is 184 g/mol. The van der Waals surface area contributed by atoms with Gasteiger partial charge in [-0.1, -0.05) is 6.92 Å². The summed E-state index contributed by atoms with van der Waals surface area (Å²) in [5, 5.41) is 0. The van der Waals surface area contributed by atoms with Crippen molar-refractivity contribution in [1.29, 1.82) is 0 Å². The number of piperazine rings is 1. The first kappa shape index (κ1) is 10.7. The number of carbonyl (C=O) groups is 1. The molecular weight excluding hydrogens is 164 g/mol. The summed E-state index contributed by atoms with van der Waals surface area (Å²) in [4.78, 5) is 16.1. The van der Waals surface area contributed by atoms with Gasteiger partial charge in [0.2, 0.25) is 0 Å².